The Morgan fingerprint density at radius 2 is 1.95 bits per heavy atom. The summed E-state index contributed by atoms with van der Waals surface area (Å²) in [6.07, 6.45) is -4.58. The van der Waals surface area contributed by atoms with Gasteiger partial charge in [0.05, 0.1) is 6.61 Å². The van der Waals surface area contributed by atoms with E-state index in [1.54, 1.807) is 0 Å². The van der Waals surface area contributed by atoms with E-state index in [-0.39, 0.29) is 29.6 Å². The van der Waals surface area contributed by atoms with Gasteiger partial charge in [0.1, 0.15) is 18.3 Å². The van der Waals surface area contributed by atoms with Crippen LogP contribution in [0, 0.1) is 0 Å². The van der Waals surface area contributed by atoms with Crippen molar-refractivity contribution in [2.75, 3.05) is 6.61 Å². The minimum Gasteiger partial charge on any atom is -0.387 e. The number of nitrogens with zero attached hydrogens (tertiary/aromatic N) is 1. The first-order valence-corrected chi connectivity index (χ1v) is 7.25. The molecule has 119 valence electrons. The molecule has 5 N–H and O–H groups in total. The van der Waals surface area contributed by atoms with Crippen LogP contribution in [0.3, 0.4) is 0 Å². The summed E-state index contributed by atoms with van der Waals surface area (Å²) in [5.74, 6) is 0. The third-order valence-corrected chi connectivity index (χ3v) is 3.35. The van der Waals surface area contributed by atoms with Gasteiger partial charge in [-0.25, -0.2) is 9.36 Å². The van der Waals surface area contributed by atoms with Gasteiger partial charge in [0.15, 0.2) is 6.23 Å². The number of aromatic nitrogens is 2. The zero-order chi connectivity index (χ0) is 15.8. The van der Waals surface area contributed by atoms with Gasteiger partial charge in [0.2, 0.25) is 0 Å². The summed E-state index contributed by atoms with van der Waals surface area (Å²) in [6, 6.07) is 1.02. The molecule has 0 unspecified atom stereocenters. The van der Waals surface area contributed by atoms with E-state index >= 15 is 0 Å². The minimum atomic E-state index is -4.76. The van der Waals surface area contributed by atoms with Gasteiger partial charge < -0.3 is 24.7 Å². The molecule has 1 saturated heterocycles. The molecule has 1 aliphatic heterocycles. The second kappa shape index (κ2) is 7.49. The molecule has 1 aromatic rings. The molecule has 0 spiro atoms. The van der Waals surface area contributed by atoms with Crippen LogP contribution >= 0.6 is 7.82 Å². The molecule has 11 nitrogen and oxygen atoms in total. The van der Waals surface area contributed by atoms with Crippen molar-refractivity contribution in [3.63, 3.8) is 0 Å². The summed E-state index contributed by atoms with van der Waals surface area (Å²) >= 11 is 0. The Kier molecular flexibility index (Phi) is 6.72. The summed E-state index contributed by atoms with van der Waals surface area (Å²) in [5.41, 5.74) is -1.51. The van der Waals surface area contributed by atoms with Crippen LogP contribution in [0.15, 0.2) is 21.9 Å². The van der Waals surface area contributed by atoms with Gasteiger partial charge in [0, 0.05) is 41.8 Å². The fraction of sp³-hybridized carbons (Fsp3) is 0.556. The van der Waals surface area contributed by atoms with Crippen LogP contribution in [0.5, 0.6) is 0 Å². The largest absolute Gasteiger partial charge is 0.469 e. The number of hydrogen-bond acceptors (Lipinski definition) is 7. The van der Waals surface area contributed by atoms with Crippen molar-refractivity contribution in [2.24, 2.45) is 0 Å². The van der Waals surface area contributed by atoms with E-state index < -0.39 is 50.2 Å². The van der Waals surface area contributed by atoms with Crippen LogP contribution in [0.1, 0.15) is 6.23 Å². The number of hydrogen-bond donors (Lipinski definition) is 5. The molecule has 1 fully saturated rings. The molecule has 0 aromatic carbocycles. The summed E-state index contributed by atoms with van der Waals surface area (Å²) in [6.45, 7) is -0.683. The van der Waals surface area contributed by atoms with Gasteiger partial charge in [-0.3, -0.25) is 18.9 Å². The Morgan fingerprint density at radius 1 is 1.32 bits per heavy atom. The molecule has 2 rings (SSSR count). The summed E-state index contributed by atoms with van der Waals surface area (Å²) < 4.78 is 20.8. The van der Waals surface area contributed by atoms with Crippen LogP contribution in [-0.4, -0.2) is 84.0 Å². The first-order valence-electron chi connectivity index (χ1n) is 5.72. The number of aliphatic hydroxyl groups is 2. The Hall–Kier alpha value is -0.330. The van der Waals surface area contributed by atoms with E-state index in [2.05, 4.69) is 4.52 Å². The summed E-state index contributed by atoms with van der Waals surface area (Å²) in [7, 11) is -4.76. The SMILES string of the molecule is O=c1ccn([C@@H]2O[C@H](COP(=O)(O)O)[C@@H](O)[C@H]2O)c(=O)[nH]1.[Na]. The number of aromatic amines is 1. The number of H-pyrrole nitrogens is 1. The van der Waals surface area contributed by atoms with E-state index in [1.165, 1.54) is 0 Å². The van der Waals surface area contributed by atoms with Crippen LogP contribution < -0.4 is 11.2 Å². The number of phosphoric acid groups is 1. The Bertz CT molecular complexity index is 670. The van der Waals surface area contributed by atoms with Gasteiger partial charge in [-0.2, -0.15) is 0 Å². The average molecular weight is 347 g/mol. The first kappa shape index (κ1) is 19.7. The molecule has 0 saturated carbocycles. The van der Waals surface area contributed by atoms with E-state index in [0.29, 0.717) is 0 Å². The molecular formula is C9H13N2NaO9P. The third-order valence-electron chi connectivity index (χ3n) is 2.87. The van der Waals surface area contributed by atoms with Crippen molar-refractivity contribution in [3.05, 3.63) is 33.1 Å². The Balaban J connectivity index is 0.00000242. The van der Waals surface area contributed by atoms with Crippen molar-refractivity contribution in [1.82, 2.24) is 9.55 Å². The van der Waals surface area contributed by atoms with Crippen molar-refractivity contribution < 1.29 is 33.8 Å². The van der Waals surface area contributed by atoms with Gasteiger partial charge in [0.25, 0.3) is 5.56 Å². The zero-order valence-corrected chi connectivity index (χ0v) is 14.3. The second-order valence-corrected chi connectivity index (χ2v) is 5.59. The average Bonchev–Trinajstić information content (AvgIpc) is 2.64. The Labute approximate surface area is 145 Å². The number of nitrogens with one attached hydrogen (secondary N) is 1. The third kappa shape index (κ3) is 4.59. The van der Waals surface area contributed by atoms with E-state index in [1.807, 2.05) is 4.98 Å². The van der Waals surface area contributed by atoms with Gasteiger partial charge in [-0.1, -0.05) is 0 Å². The van der Waals surface area contributed by atoms with Crippen molar-refractivity contribution in [3.8, 4) is 0 Å². The quantitative estimate of drug-likeness (QED) is 0.279. The smallest absolute Gasteiger partial charge is 0.387 e. The molecule has 22 heavy (non-hydrogen) atoms. The number of aliphatic hydroxyl groups excluding tert-OH is 2. The molecule has 1 aliphatic rings. The van der Waals surface area contributed by atoms with Crippen LogP contribution in [0.2, 0.25) is 0 Å². The predicted molar refractivity (Wildman–Crippen MR) is 71.0 cm³/mol. The second-order valence-electron chi connectivity index (χ2n) is 4.35. The fourth-order valence-electron chi connectivity index (χ4n) is 1.89. The maximum absolute atomic E-state index is 11.6. The van der Waals surface area contributed by atoms with Gasteiger partial charge in [-0.05, 0) is 0 Å². The molecule has 13 heteroatoms. The zero-order valence-electron chi connectivity index (χ0n) is 11.4. The van der Waals surface area contributed by atoms with Crippen LogP contribution in [0.4, 0.5) is 0 Å². The number of rotatable bonds is 4. The molecule has 2 heterocycles. The summed E-state index contributed by atoms with van der Waals surface area (Å²) in [5, 5.41) is 19.6. The fourth-order valence-corrected chi connectivity index (χ4v) is 2.24. The van der Waals surface area contributed by atoms with Gasteiger partial charge in [-0.15, -0.1) is 0 Å². The maximum atomic E-state index is 11.6. The normalized spacial score (nSPS) is 28.4. The molecule has 0 aliphatic carbocycles. The maximum Gasteiger partial charge on any atom is 0.469 e. The monoisotopic (exact) mass is 347 g/mol. The molecule has 1 radical (unpaired) electrons. The molecule has 1 aromatic heterocycles. The summed E-state index contributed by atoms with van der Waals surface area (Å²) in [4.78, 5) is 41.6. The number of ether oxygens (including phenoxy) is 1. The molecule has 0 amide bonds. The van der Waals surface area contributed by atoms with E-state index in [0.717, 1.165) is 16.8 Å². The van der Waals surface area contributed by atoms with Crippen LogP contribution in [0.25, 0.3) is 0 Å². The predicted octanol–water partition coefficient (Wildman–Crippen LogP) is -3.12. The first-order chi connectivity index (χ1) is 9.69. The standard InChI is InChI=1S/C9H13N2O9P.Na/c12-5-1-2-11(9(15)10-5)8-7(14)6(13)4(20-8)3-19-21(16,17)18;/h1-2,4,6-8,13-14H,3H2,(H,10,12,15)(H2,16,17,18);/t4-,6-,7-,8-;/m1./s1. The van der Waals surface area contributed by atoms with Gasteiger partial charge >= 0.3 is 13.5 Å². The number of phosphoric ester groups is 1. The Morgan fingerprint density at radius 3 is 2.50 bits per heavy atom. The molecule has 0 bridgehead atoms. The van der Waals surface area contributed by atoms with E-state index in [9.17, 15) is 24.4 Å². The molecular weight excluding hydrogens is 334 g/mol. The topological polar surface area (TPSA) is 171 Å². The van der Waals surface area contributed by atoms with Crippen molar-refractivity contribution in [2.45, 2.75) is 24.5 Å². The molecule has 4 atom stereocenters. The van der Waals surface area contributed by atoms with Crippen molar-refractivity contribution >= 4 is 37.4 Å². The van der Waals surface area contributed by atoms with E-state index in [4.69, 9.17) is 14.5 Å². The minimum absolute atomic E-state index is 0. The van der Waals surface area contributed by atoms with Crippen LogP contribution in [-0.2, 0) is 13.8 Å². The van der Waals surface area contributed by atoms with Crippen molar-refractivity contribution in [1.29, 1.82) is 0 Å².